The molecule has 0 fully saturated rings. The molecular formula is C22H13F5N2O4S. The third-order valence-corrected chi connectivity index (χ3v) is 6.24. The molecular weight excluding hydrogens is 483 g/mol. The number of hydrogen-bond acceptors (Lipinski definition) is 5. The maximum absolute atomic E-state index is 13.8. The van der Waals surface area contributed by atoms with E-state index in [0.717, 1.165) is 15.2 Å². The standard InChI is InChI=1S/C22H13F5N2O4S/c1-28-20-11(19(30)29(22(28)32)8-10-5-3-2-4-6-10)7-13(34-20)21(31)33-9-12-14(23)16(25)18(27)17(26)15(12)24/h2-7H,8-9H2,1H3. The number of carbonyl (C=O) groups excluding carboxylic acids is 1. The fourth-order valence-corrected chi connectivity index (χ4v) is 4.27. The molecule has 0 aliphatic carbocycles. The molecule has 0 aliphatic rings. The van der Waals surface area contributed by atoms with Crippen LogP contribution in [0.5, 0.6) is 0 Å². The van der Waals surface area contributed by atoms with E-state index >= 15 is 0 Å². The van der Waals surface area contributed by atoms with Crippen LogP contribution in [0.3, 0.4) is 0 Å². The van der Waals surface area contributed by atoms with Gasteiger partial charge in [-0.15, -0.1) is 11.3 Å². The highest BCUT2D eigenvalue weighted by Crippen LogP contribution is 2.26. The third kappa shape index (κ3) is 3.89. The number of rotatable bonds is 5. The van der Waals surface area contributed by atoms with E-state index in [1.165, 1.54) is 7.05 Å². The summed E-state index contributed by atoms with van der Waals surface area (Å²) in [5, 5.41) is 0.0196. The number of nitrogens with zero attached hydrogens (tertiary/aromatic N) is 2. The van der Waals surface area contributed by atoms with Crippen molar-refractivity contribution in [2.24, 2.45) is 7.05 Å². The first-order valence-corrected chi connectivity index (χ1v) is 10.4. The second-order valence-corrected chi connectivity index (χ2v) is 8.20. The van der Waals surface area contributed by atoms with Gasteiger partial charge in [0, 0.05) is 7.05 Å². The maximum Gasteiger partial charge on any atom is 0.348 e. The van der Waals surface area contributed by atoms with Gasteiger partial charge in [-0.1, -0.05) is 30.3 Å². The fourth-order valence-electron chi connectivity index (χ4n) is 3.28. The Kier molecular flexibility index (Phi) is 6.09. The minimum Gasteiger partial charge on any atom is -0.456 e. The summed E-state index contributed by atoms with van der Waals surface area (Å²) in [6.45, 7) is -1.26. The number of benzene rings is 2. The van der Waals surface area contributed by atoms with Gasteiger partial charge in [-0.05, 0) is 11.6 Å². The molecule has 34 heavy (non-hydrogen) atoms. The van der Waals surface area contributed by atoms with E-state index in [-0.39, 0.29) is 21.6 Å². The van der Waals surface area contributed by atoms with Crippen LogP contribution in [0.1, 0.15) is 20.8 Å². The molecule has 176 valence electrons. The van der Waals surface area contributed by atoms with Crippen molar-refractivity contribution < 1.29 is 31.5 Å². The summed E-state index contributed by atoms with van der Waals surface area (Å²) in [7, 11) is 1.39. The van der Waals surface area contributed by atoms with Crippen LogP contribution in [0.4, 0.5) is 22.0 Å². The highest BCUT2D eigenvalue weighted by molar-refractivity contribution is 7.20. The van der Waals surface area contributed by atoms with Gasteiger partial charge in [0.1, 0.15) is 16.3 Å². The molecule has 2 aromatic carbocycles. The summed E-state index contributed by atoms with van der Waals surface area (Å²) in [5.74, 6) is -12.1. The second-order valence-electron chi connectivity index (χ2n) is 7.17. The number of fused-ring (bicyclic) bond motifs is 1. The molecule has 4 rings (SSSR count). The zero-order valence-electron chi connectivity index (χ0n) is 17.2. The smallest absolute Gasteiger partial charge is 0.348 e. The number of hydrogen-bond donors (Lipinski definition) is 0. The zero-order valence-corrected chi connectivity index (χ0v) is 18.0. The van der Waals surface area contributed by atoms with Gasteiger partial charge in [0.15, 0.2) is 23.3 Å². The second kappa shape index (κ2) is 8.86. The van der Waals surface area contributed by atoms with E-state index in [1.807, 2.05) is 0 Å². The topological polar surface area (TPSA) is 70.3 Å². The molecule has 0 unspecified atom stereocenters. The van der Waals surface area contributed by atoms with Crippen molar-refractivity contribution in [2.75, 3.05) is 0 Å². The summed E-state index contributed by atoms with van der Waals surface area (Å²) < 4.78 is 74.3. The Morgan fingerprint density at radius 2 is 1.53 bits per heavy atom. The first kappa shape index (κ1) is 23.4. The van der Waals surface area contributed by atoms with Crippen LogP contribution in [0.2, 0.25) is 0 Å². The molecule has 0 saturated carbocycles. The van der Waals surface area contributed by atoms with E-state index in [2.05, 4.69) is 0 Å². The van der Waals surface area contributed by atoms with Crippen molar-refractivity contribution in [2.45, 2.75) is 13.2 Å². The Morgan fingerprint density at radius 3 is 2.15 bits per heavy atom. The van der Waals surface area contributed by atoms with Gasteiger partial charge < -0.3 is 4.74 Å². The van der Waals surface area contributed by atoms with Gasteiger partial charge in [0.25, 0.3) is 5.56 Å². The Balaban J connectivity index is 1.67. The number of ether oxygens (including phenoxy) is 1. The van der Waals surface area contributed by atoms with Crippen molar-refractivity contribution in [3.8, 4) is 0 Å². The molecule has 0 amide bonds. The lowest BCUT2D eigenvalue weighted by molar-refractivity contribution is 0.0468. The first-order chi connectivity index (χ1) is 16.1. The molecule has 0 atom stereocenters. The summed E-state index contributed by atoms with van der Waals surface area (Å²) in [6, 6.07) is 9.86. The number of esters is 1. The number of carbonyl (C=O) groups is 1. The predicted octanol–water partition coefficient (Wildman–Crippen LogP) is 3.86. The Labute approximate surface area is 191 Å². The normalized spacial score (nSPS) is 11.2. The average molecular weight is 496 g/mol. The minimum atomic E-state index is -2.33. The van der Waals surface area contributed by atoms with E-state index in [0.29, 0.717) is 16.9 Å². The largest absolute Gasteiger partial charge is 0.456 e. The van der Waals surface area contributed by atoms with Crippen molar-refractivity contribution in [3.05, 3.63) is 102 Å². The van der Waals surface area contributed by atoms with Gasteiger partial charge in [0.2, 0.25) is 5.82 Å². The quantitative estimate of drug-likeness (QED) is 0.182. The van der Waals surface area contributed by atoms with Crippen molar-refractivity contribution >= 4 is 27.5 Å². The third-order valence-electron chi connectivity index (χ3n) is 5.04. The van der Waals surface area contributed by atoms with Crippen LogP contribution in [0.25, 0.3) is 10.2 Å². The van der Waals surface area contributed by atoms with Crippen LogP contribution in [0.15, 0.2) is 46.0 Å². The molecule has 0 spiro atoms. The van der Waals surface area contributed by atoms with Gasteiger partial charge in [0.05, 0.1) is 17.5 Å². The highest BCUT2D eigenvalue weighted by Gasteiger charge is 2.27. The van der Waals surface area contributed by atoms with E-state index in [1.54, 1.807) is 30.3 Å². The Morgan fingerprint density at radius 1 is 0.941 bits per heavy atom. The molecule has 0 N–H and O–H groups in total. The fraction of sp³-hybridized carbons (Fsp3) is 0.136. The van der Waals surface area contributed by atoms with Crippen molar-refractivity contribution in [1.29, 1.82) is 0 Å². The highest BCUT2D eigenvalue weighted by atomic mass is 32.1. The number of halogens is 5. The maximum atomic E-state index is 13.8. The summed E-state index contributed by atoms with van der Waals surface area (Å²) in [4.78, 5) is 38.0. The first-order valence-electron chi connectivity index (χ1n) is 9.56. The lowest BCUT2D eigenvalue weighted by Crippen LogP contribution is -2.38. The summed E-state index contributed by atoms with van der Waals surface area (Å²) in [5.41, 5.74) is -1.93. The number of aryl methyl sites for hydroxylation is 1. The Bertz CT molecular complexity index is 1530. The molecule has 0 bridgehead atoms. The van der Waals surface area contributed by atoms with E-state index < -0.39 is 58.5 Å². The molecule has 12 heteroatoms. The van der Waals surface area contributed by atoms with Crippen LogP contribution >= 0.6 is 11.3 Å². The average Bonchev–Trinajstić information content (AvgIpc) is 3.29. The zero-order chi connectivity index (χ0) is 24.7. The molecule has 2 heterocycles. The molecule has 0 saturated heterocycles. The number of aromatic nitrogens is 2. The molecule has 4 aromatic rings. The van der Waals surface area contributed by atoms with Crippen LogP contribution in [-0.4, -0.2) is 15.1 Å². The van der Waals surface area contributed by atoms with E-state index in [4.69, 9.17) is 4.74 Å². The lowest BCUT2D eigenvalue weighted by atomic mass is 10.2. The van der Waals surface area contributed by atoms with Crippen molar-refractivity contribution in [3.63, 3.8) is 0 Å². The van der Waals surface area contributed by atoms with Crippen LogP contribution in [0, 0.1) is 29.1 Å². The van der Waals surface area contributed by atoms with Gasteiger partial charge in [-0.2, -0.15) is 0 Å². The Hall–Kier alpha value is -3.80. The SMILES string of the molecule is Cn1c(=O)n(Cc2ccccc2)c(=O)c2cc(C(=O)OCc3c(F)c(F)c(F)c(F)c3F)sc21. The summed E-state index contributed by atoms with van der Waals surface area (Å²) in [6.07, 6.45) is 0. The van der Waals surface area contributed by atoms with Crippen molar-refractivity contribution in [1.82, 2.24) is 9.13 Å². The molecule has 0 aliphatic heterocycles. The monoisotopic (exact) mass is 496 g/mol. The van der Waals surface area contributed by atoms with E-state index in [9.17, 15) is 36.3 Å². The molecule has 6 nitrogen and oxygen atoms in total. The van der Waals surface area contributed by atoms with Gasteiger partial charge in [-0.25, -0.2) is 31.5 Å². The summed E-state index contributed by atoms with van der Waals surface area (Å²) >= 11 is 0.707. The van der Waals surface area contributed by atoms with Crippen LogP contribution in [-0.2, 0) is 24.9 Å². The minimum absolute atomic E-state index is 0.0157. The van der Waals surface area contributed by atoms with Gasteiger partial charge >= 0.3 is 11.7 Å². The molecule has 0 radical (unpaired) electrons. The van der Waals surface area contributed by atoms with Gasteiger partial charge in [-0.3, -0.25) is 13.9 Å². The van der Waals surface area contributed by atoms with Crippen LogP contribution < -0.4 is 11.2 Å². The lowest BCUT2D eigenvalue weighted by Gasteiger charge is -2.08. The molecule has 2 aromatic heterocycles. The predicted molar refractivity (Wildman–Crippen MR) is 112 cm³/mol. The number of thiophene rings is 1.